The lowest BCUT2D eigenvalue weighted by atomic mass is 10.1. The Labute approximate surface area is 120 Å². The third-order valence-electron chi connectivity index (χ3n) is 3.00. The predicted octanol–water partition coefficient (Wildman–Crippen LogP) is 1.81. The summed E-state index contributed by atoms with van der Waals surface area (Å²) in [7, 11) is 0. The van der Waals surface area contributed by atoms with Gasteiger partial charge in [-0.3, -0.25) is 9.59 Å². The van der Waals surface area contributed by atoms with E-state index in [0.717, 1.165) is 37.3 Å². The monoisotopic (exact) mass is 284 g/mol. The molecule has 4 nitrogen and oxygen atoms in total. The number of rotatable bonds is 6. The van der Waals surface area contributed by atoms with E-state index in [4.69, 9.17) is 0 Å². The van der Waals surface area contributed by atoms with E-state index in [-0.39, 0.29) is 11.8 Å². The van der Waals surface area contributed by atoms with Crippen molar-refractivity contribution in [2.75, 3.05) is 24.6 Å². The highest BCUT2D eigenvalue weighted by molar-refractivity contribution is 8.00. The number of piperidine rings is 1. The minimum absolute atomic E-state index is 0.0398. The van der Waals surface area contributed by atoms with Gasteiger partial charge < -0.3 is 10.2 Å². The zero-order valence-electron chi connectivity index (χ0n) is 11.9. The molecule has 0 bridgehead atoms. The fourth-order valence-corrected chi connectivity index (χ4v) is 2.77. The highest BCUT2D eigenvalue weighted by Gasteiger charge is 2.23. The van der Waals surface area contributed by atoms with Gasteiger partial charge in [0.05, 0.1) is 5.75 Å². The molecule has 19 heavy (non-hydrogen) atoms. The first-order valence-electron chi connectivity index (χ1n) is 6.81. The first-order valence-corrected chi connectivity index (χ1v) is 7.96. The molecule has 0 radical (unpaired) electrons. The molecule has 1 rings (SSSR count). The van der Waals surface area contributed by atoms with Crippen LogP contribution < -0.4 is 5.32 Å². The van der Waals surface area contributed by atoms with Crippen LogP contribution in [0.1, 0.15) is 33.1 Å². The lowest BCUT2D eigenvalue weighted by molar-refractivity contribution is -0.136. The molecule has 0 aromatic rings. The highest BCUT2D eigenvalue weighted by atomic mass is 32.2. The van der Waals surface area contributed by atoms with Crippen LogP contribution in [-0.2, 0) is 9.59 Å². The molecule has 0 aliphatic carbocycles. The number of hydrogen-bond acceptors (Lipinski definition) is 3. The summed E-state index contributed by atoms with van der Waals surface area (Å²) in [5.41, 5.74) is 1.05. The molecule has 1 saturated heterocycles. The summed E-state index contributed by atoms with van der Waals surface area (Å²) in [5, 5.41) is 2.77. The average Bonchev–Trinajstić information content (AvgIpc) is 2.38. The van der Waals surface area contributed by atoms with Crippen molar-refractivity contribution in [3.05, 3.63) is 12.2 Å². The van der Waals surface area contributed by atoms with E-state index in [1.807, 2.05) is 11.8 Å². The van der Waals surface area contributed by atoms with E-state index >= 15 is 0 Å². The topological polar surface area (TPSA) is 49.4 Å². The number of thioether (sulfide) groups is 1. The Hall–Kier alpha value is -0.970. The van der Waals surface area contributed by atoms with Crippen molar-refractivity contribution >= 4 is 23.6 Å². The molecule has 1 heterocycles. The lowest BCUT2D eigenvalue weighted by Gasteiger charge is -2.29. The van der Waals surface area contributed by atoms with Crippen LogP contribution in [0.2, 0.25) is 0 Å². The van der Waals surface area contributed by atoms with Crippen LogP contribution in [0.5, 0.6) is 0 Å². The van der Waals surface area contributed by atoms with E-state index < -0.39 is 6.04 Å². The summed E-state index contributed by atoms with van der Waals surface area (Å²) >= 11 is 1.52. The van der Waals surface area contributed by atoms with Gasteiger partial charge in [0, 0.05) is 18.8 Å². The quantitative estimate of drug-likeness (QED) is 0.757. The second-order valence-electron chi connectivity index (χ2n) is 5.13. The van der Waals surface area contributed by atoms with Crippen LogP contribution in [-0.4, -0.2) is 47.4 Å². The van der Waals surface area contributed by atoms with Crippen molar-refractivity contribution in [3.8, 4) is 0 Å². The zero-order valence-corrected chi connectivity index (χ0v) is 12.7. The molecule has 108 valence electrons. The molecule has 1 N–H and O–H groups in total. The van der Waals surface area contributed by atoms with E-state index in [9.17, 15) is 9.59 Å². The molecule has 0 spiro atoms. The van der Waals surface area contributed by atoms with Crippen LogP contribution in [0.4, 0.5) is 0 Å². The highest BCUT2D eigenvalue weighted by Crippen LogP contribution is 2.10. The molecular formula is C14H24N2O2S. The molecule has 5 heteroatoms. The second kappa shape index (κ2) is 8.25. The standard InChI is InChI=1S/C14H24N2O2S/c1-11(2)9-19-10-13(17)15-12(3)14(18)16-7-5-4-6-8-16/h12H,1,4-10H2,2-3H3,(H,15,17)/t12-/m0/s1. The molecule has 0 aromatic heterocycles. The van der Waals surface area contributed by atoms with Gasteiger partial charge in [-0.05, 0) is 33.1 Å². The fraction of sp³-hybridized carbons (Fsp3) is 0.714. The van der Waals surface area contributed by atoms with Crippen molar-refractivity contribution in [1.29, 1.82) is 0 Å². The minimum Gasteiger partial charge on any atom is -0.344 e. The van der Waals surface area contributed by atoms with Crippen LogP contribution in [0.3, 0.4) is 0 Å². The van der Waals surface area contributed by atoms with Gasteiger partial charge in [-0.15, -0.1) is 11.8 Å². The first-order chi connectivity index (χ1) is 9.00. The van der Waals surface area contributed by atoms with E-state index in [2.05, 4.69) is 11.9 Å². The van der Waals surface area contributed by atoms with Gasteiger partial charge in [0.2, 0.25) is 11.8 Å². The van der Waals surface area contributed by atoms with Crippen molar-refractivity contribution in [2.24, 2.45) is 0 Å². The summed E-state index contributed by atoms with van der Waals surface area (Å²) in [6.45, 7) is 9.13. The Balaban J connectivity index is 2.28. The maximum absolute atomic E-state index is 12.1. The molecule has 1 aliphatic heterocycles. The SMILES string of the molecule is C=C(C)CSCC(=O)N[C@@H](C)C(=O)N1CCCCC1. The van der Waals surface area contributed by atoms with Gasteiger partial charge >= 0.3 is 0 Å². The van der Waals surface area contributed by atoms with E-state index in [1.54, 1.807) is 6.92 Å². The summed E-state index contributed by atoms with van der Waals surface area (Å²) in [5.74, 6) is 1.12. The Morgan fingerprint density at radius 1 is 1.26 bits per heavy atom. The van der Waals surface area contributed by atoms with Gasteiger partial charge in [-0.25, -0.2) is 0 Å². The first kappa shape index (κ1) is 16.1. The van der Waals surface area contributed by atoms with Crippen LogP contribution >= 0.6 is 11.8 Å². The van der Waals surface area contributed by atoms with Gasteiger partial charge in [0.1, 0.15) is 6.04 Å². The smallest absolute Gasteiger partial charge is 0.244 e. The largest absolute Gasteiger partial charge is 0.344 e. The van der Waals surface area contributed by atoms with Crippen LogP contribution in [0.25, 0.3) is 0 Å². The maximum Gasteiger partial charge on any atom is 0.244 e. The van der Waals surface area contributed by atoms with Crippen LogP contribution in [0.15, 0.2) is 12.2 Å². The minimum atomic E-state index is -0.420. The fourth-order valence-electron chi connectivity index (χ4n) is 2.05. The molecule has 0 saturated carbocycles. The van der Waals surface area contributed by atoms with Crippen LogP contribution in [0, 0.1) is 0 Å². The van der Waals surface area contributed by atoms with Crippen molar-refractivity contribution in [1.82, 2.24) is 10.2 Å². The Bertz CT molecular complexity index is 338. The molecule has 1 fully saturated rings. The second-order valence-corrected chi connectivity index (χ2v) is 6.11. The molecule has 1 atom stereocenters. The predicted molar refractivity (Wildman–Crippen MR) is 80.2 cm³/mol. The third-order valence-corrected chi connectivity index (χ3v) is 4.16. The van der Waals surface area contributed by atoms with Gasteiger partial charge in [0.25, 0.3) is 0 Å². The molecule has 1 aliphatic rings. The van der Waals surface area contributed by atoms with Gasteiger partial charge in [-0.1, -0.05) is 12.2 Å². The number of likely N-dealkylation sites (tertiary alicyclic amines) is 1. The number of hydrogen-bond donors (Lipinski definition) is 1. The van der Waals surface area contributed by atoms with Gasteiger partial charge in [-0.2, -0.15) is 0 Å². The van der Waals surface area contributed by atoms with E-state index in [0.29, 0.717) is 5.75 Å². The summed E-state index contributed by atoms with van der Waals surface area (Å²) < 4.78 is 0. The van der Waals surface area contributed by atoms with Crippen molar-refractivity contribution < 1.29 is 9.59 Å². The summed E-state index contributed by atoms with van der Waals surface area (Å²) in [4.78, 5) is 25.7. The lowest BCUT2D eigenvalue weighted by Crippen LogP contribution is -2.48. The third kappa shape index (κ3) is 6.14. The number of carbonyl (C=O) groups is 2. The number of nitrogens with one attached hydrogen (secondary N) is 1. The number of carbonyl (C=O) groups excluding carboxylic acids is 2. The average molecular weight is 284 g/mol. The summed E-state index contributed by atoms with van der Waals surface area (Å²) in [6, 6.07) is -0.420. The zero-order chi connectivity index (χ0) is 14.3. The normalized spacial score (nSPS) is 16.8. The number of nitrogens with zero attached hydrogens (tertiary/aromatic N) is 1. The Kier molecular flexibility index (Phi) is 6.99. The summed E-state index contributed by atoms with van der Waals surface area (Å²) in [6.07, 6.45) is 3.34. The Morgan fingerprint density at radius 2 is 1.89 bits per heavy atom. The molecule has 2 amide bonds. The number of amides is 2. The van der Waals surface area contributed by atoms with Crippen molar-refractivity contribution in [3.63, 3.8) is 0 Å². The van der Waals surface area contributed by atoms with Crippen molar-refractivity contribution in [2.45, 2.75) is 39.2 Å². The van der Waals surface area contributed by atoms with E-state index in [1.165, 1.54) is 18.2 Å². The molecule has 0 aromatic carbocycles. The molecule has 0 unspecified atom stereocenters. The molecular weight excluding hydrogens is 260 g/mol. The van der Waals surface area contributed by atoms with Gasteiger partial charge in [0.15, 0.2) is 0 Å². The maximum atomic E-state index is 12.1. The Morgan fingerprint density at radius 3 is 2.47 bits per heavy atom.